The minimum atomic E-state index is -3.64. The molecule has 0 spiro atoms. The second-order valence-electron chi connectivity index (χ2n) is 4.60. The van der Waals surface area contributed by atoms with Gasteiger partial charge in [-0.1, -0.05) is 18.2 Å². The van der Waals surface area contributed by atoms with Crippen molar-refractivity contribution in [2.75, 3.05) is 0 Å². The van der Waals surface area contributed by atoms with Crippen LogP contribution in [0.5, 0.6) is 0 Å². The number of hydrogen-bond donors (Lipinski definition) is 1. The Kier molecular flexibility index (Phi) is 3.97. The molecular formula is C15H12ClNO2S2. The molecule has 0 unspecified atom stereocenters. The molecule has 0 aliphatic heterocycles. The van der Waals surface area contributed by atoms with Crippen LogP contribution in [0.2, 0.25) is 0 Å². The molecule has 1 heterocycles. The van der Waals surface area contributed by atoms with Gasteiger partial charge in [-0.3, -0.25) is 0 Å². The number of nitrogens with one attached hydrogen (secondary N) is 1. The third-order valence-corrected chi connectivity index (χ3v) is 5.57. The lowest BCUT2D eigenvalue weighted by Crippen LogP contribution is -1.90. The second-order valence-corrected chi connectivity index (χ2v) is 8.21. The lowest BCUT2D eigenvalue weighted by atomic mass is 10.2. The fourth-order valence-electron chi connectivity index (χ4n) is 2.03. The summed E-state index contributed by atoms with van der Waals surface area (Å²) in [5, 5.41) is 1.19. The Hall–Kier alpha value is -1.43. The largest absolute Gasteiger partial charge is 0.361 e. The number of rotatable bonds is 4. The van der Waals surface area contributed by atoms with Crippen molar-refractivity contribution in [3.8, 4) is 0 Å². The summed E-state index contributed by atoms with van der Waals surface area (Å²) in [5.74, 6) is 0.773. The van der Waals surface area contributed by atoms with Crippen molar-refractivity contribution in [3.63, 3.8) is 0 Å². The SMILES string of the molecule is O=S(=O)(Cl)c1ccc(CSc2ccc3cc[nH]c3c2)cc1. The van der Waals surface area contributed by atoms with Gasteiger partial charge in [0, 0.05) is 33.0 Å². The summed E-state index contributed by atoms with van der Waals surface area (Å²) in [7, 11) is 1.65. The summed E-state index contributed by atoms with van der Waals surface area (Å²) in [6, 6.07) is 15.0. The number of halogens is 1. The van der Waals surface area contributed by atoms with E-state index in [0.29, 0.717) is 0 Å². The minimum absolute atomic E-state index is 0.130. The van der Waals surface area contributed by atoms with E-state index in [2.05, 4.69) is 23.2 Å². The number of H-pyrrole nitrogens is 1. The summed E-state index contributed by atoms with van der Waals surface area (Å²) in [5.41, 5.74) is 2.17. The first-order chi connectivity index (χ1) is 10.0. The van der Waals surface area contributed by atoms with Crippen LogP contribution in [0.25, 0.3) is 10.9 Å². The van der Waals surface area contributed by atoms with E-state index >= 15 is 0 Å². The zero-order chi connectivity index (χ0) is 14.9. The van der Waals surface area contributed by atoms with Gasteiger partial charge in [-0.15, -0.1) is 11.8 Å². The van der Waals surface area contributed by atoms with Crippen molar-refractivity contribution in [2.24, 2.45) is 0 Å². The molecule has 6 heteroatoms. The van der Waals surface area contributed by atoms with Crippen LogP contribution in [-0.2, 0) is 14.8 Å². The molecule has 2 aromatic carbocycles. The van der Waals surface area contributed by atoms with Crippen molar-refractivity contribution in [1.29, 1.82) is 0 Å². The molecule has 0 atom stereocenters. The highest BCUT2D eigenvalue weighted by Crippen LogP contribution is 2.26. The summed E-state index contributed by atoms with van der Waals surface area (Å²) in [6.45, 7) is 0. The first kappa shape index (κ1) is 14.5. The molecule has 108 valence electrons. The zero-order valence-electron chi connectivity index (χ0n) is 10.9. The summed E-state index contributed by atoms with van der Waals surface area (Å²) < 4.78 is 22.4. The maximum absolute atomic E-state index is 11.2. The molecular weight excluding hydrogens is 326 g/mol. The molecule has 0 aliphatic rings. The molecule has 0 saturated heterocycles. The van der Waals surface area contributed by atoms with Crippen LogP contribution in [-0.4, -0.2) is 13.4 Å². The first-order valence-electron chi connectivity index (χ1n) is 6.26. The van der Waals surface area contributed by atoms with Gasteiger partial charge in [0.25, 0.3) is 9.05 Å². The third-order valence-electron chi connectivity index (χ3n) is 3.14. The van der Waals surface area contributed by atoms with E-state index < -0.39 is 9.05 Å². The average molecular weight is 338 g/mol. The van der Waals surface area contributed by atoms with Gasteiger partial charge in [-0.05, 0) is 41.3 Å². The Labute approximate surface area is 131 Å². The predicted molar refractivity (Wildman–Crippen MR) is 87.3 cm³/mol. The van der Waals surface area contributed by atoms with Gasteiger partial charge in [0.1, 0.15) is 0 Å². The molecule has 1 N–H and O–H groups in total. The van der Waals surface area contributed by atoms with E-state index in [9.17, 15) is 8.42 Å². The van der Waals surface area contributed by atoms with Crippen LogP contribution in [0.1, 0.15) is 5.56 Å². The van der Waals surface area contributed by atoms with E-state index in [4.69, 9.17) is 10.7 Å². The van der Waals surface area contributed by atoms with Crippen LogP contribution in [0, 0.1) is 0 Å². The van der Waals surface area contributed by atoms with Gasteiger partial charge >= 0.3 is 0 Å². The van der Waals surface area contributed by atoms with Crippen molar-refractivity contribution < 1.29 is 8.42 Å². The Morgan fingerprint density at radius 3 is 2.52 bits per heavy atom. The maximum Gasteiger partial charge on any atom is 0.261 e. The van der Waals surface area contributed by atoms with Crippen LogP contribution in [0.4, 0.5) is 0 Å². The Balaban J connectivity index is 1.72. The molecule has 0 bridgehead atoms. The van der Waals surface area contributed by atoms with Crippen molar-refractivity contribution in [2.45, 2.75) is 15.5 Å². The van der Waals surface area contributed by atoms with Gasteiger partial charge in [0.2, 0.25) is 0 Å². The van der Waals surface area contributed by atoms with Crippen molar-refractivity contribution in [1.82, 2.24) is 4.98 Å². The van der Waals surface area contributed by atoms with Crippen LogP contribution in [0.15, 0.2) is 64.5 Å². The maximum atomic E-state index is 11.2. The zero-order valence-corrected chi connectivity index (χ0v) is 13.3. The molecule has 0 radical (unpaired) electrons. The fourth-order valence-corrected chi connectivity index (χ4v) is 3.69. The number of thioether (sulfide) groups is 1. The molecule has 0 fully saturated rings. The molecule has 3 nitrogen and oxygen atoms in total. The molecule has 0 saturated carbocycles. The van der Waals surface area contributed by atoms with Gasteiger partial charge in [-0.2, -0.15) is 0 Å². The number of aromatic nitrogens is 1. The van der Waals surface area contributed by atoms with Crippen LogP contribution >= 0.6 is 22.4 Å². The summed E-state index contributed by atoms with van der Waals surface area (Å²) in [4.78, 5) is 4.48. The van der Waals surface area contributed by atoms with Crippen LogP contribution < -0.4 is 0 Å². The molecule has 0 aliphatic carbocycles. The van der Waals surface area contributed by atoms with E-state index in [-0.39, 0.29) is 4.90 Å². The Morgan fingerprint density at radius 2 is 1.81 bits per heavy atom. The Morgan fingerprint density at radius 1 is 1.05 bits per heavy atom. The van der Waals surface area contributed by atoms with E-state index in [0.717, 1.165) is 16.8 Å². The fraction of sp³-hybridized carbons (Fsp3) is 0.0667. The number of benzene rings is 2. The number of aromatic amines is 1. The monoisotopic (exact) mass is 337 g/mol. The summed E-state index contributed by atoms with van der Waals surface area (Å²) in [6.07, 6.45) is 1.92. The van der Waals surface area contributed by atoms with E-state index in [1.165, 1.54) is 22.4 Å². The standard InChI is InChI=1S/C15H12ClNO2S2/c16-21(18,19)14-5-1-11(2-6-14)10-20-13-4-3-12-7-8-17-15(12)9-13/h1-9,17H,10H2. The van der Waals surface area contributed by atoms with Crippen molar-refractivity contribution >= 4 is 42.4 Å². The van der Waals surface area contributed by atoms with Gasteiger partial charge < -0.3 is 4.98 Å². The third kappa shape index (κ3) is 3.43. The molecule has 21 heavy (non-hydrogen) atoms. The lowest BCUT2D eigenvalue weighted by Gasteiger charge is -2.03. The highest BCUT2D eigenvalue weighted by Gasteiger charge is 2.09. The smallest absolute Gasteiger partial charge is 0.261 e. The predicted octanol–water partition coefficient (Wildman–Crippen LogP) is 4.39. The van der Waals surface area contributed by atoms with E-state index in [1.54, 1.807) is 23.9 Å². The number of fused-ring (bicyclic) bond motifs is 1. The first-order valence-corrected chi connectivity index (χ1v) is 9.55. The Bertz CT molecular complexity index is 870. The topological polar surface area (TPSA) is 49.9 Å². The van der Waals surface area contributed by atoms with Gasteiger partial charge in [0.15, 0.2) is 0 Å². The molecule has 3 aromatic rings. The van der Waals surface area contributed by atoms with Gasteiger partial charge in [-0.25, -0.2) is 8.42 Å². The quantitative estimate of drug-likeness (QED) is 0.567. The highest BCUT2D eigenvalue weighted by atomic mass is 35.7. The number of hydrogen-bond acceptors (Lipinski definition) is 3. The van der Waals surface area contributed by atoms with Crippen molar-refractivity contribution in [3.05, 3.63) is 60.3 Å². The lowest BCUT2D eigenvalue weighted by molar-refractivity contribution is 0.609. The average Bonchev–Trinajstić information content (AvgIpc) is 2.92. The van der Waals surface area contributed by atoms with Gasteiger partial charge in [0.05, 0.1) is 4.90 Å². The molecule has 0 amide bonds. The summed E-state index contributed by atoms with van der Waals surface area (Å²) >= 11 is 1.70. The normalized spacial score (nSPS) is 11.9. The second kappa shape index (κ2) is 5.75. The highest BCUT2D eigenvalue weighted by molar-refractivity contribution is 8.13. The van der Waals surface area contributed by atoms with E-state index in [1.807, 2.05) is 12.3 Å². The van der Waals surface area contributed by atoms with Crippen LogP contribution in [0.3, 0.4) is 0 Å². The molecule has 3 rings (SSSR count). The minimum Gasteiger partial charge on any atom is -0.361 e. The molecule has 1 aromatic heterocycles.